The number of benzene rings is 1. The third-order valence-corrected chi connectivity index (χ3v) is 3.81. The molecule has 8 heteroatoms. The molecule has 0 unspecified atom stereocenters. The Bertz CT molecular complexity index is 632. The quantitative estimate of drug-likeness (QED) is 0.712. The summed E-state index contributed by atoms with van der Waals surface area (Å²) in [6.45, 7) is 5.94. The Morgan fingerprint density at radius 3 is 2.37 bits per heavy atom. The van der Waals surface area contributed by atoms with Gasteiger partial charge in [-0.15, -0.1) is 0 Å². The van der Waals surface area contributed by atoms with E-state index in [1.165, 1.54) is 6.07 Å². The summed E-state index contributed by atoms with van der Waals surface area (Å²) in [6, 6.07) is 5.39. The zero-order valence-electron chi connectivity index (χ0n) is 16.3. The van der Waals surface area contributed by atoms with E-state index in [-0.39, 0.29) is 18.2 Å². The summed E-state index contributed by atoms with van der Waals surface area (Å²) in [5.41, 5.74) is -0.280. The molecule has 2 amide bonds. The van der Waals surface area contributed by atoms with Gasteiger partial charge in [0.1, 0.15) is 17.4 Å². The molecule has 2 atom stereocenters. The minimum atomic E-state index is -2.96. The number of alkyl halides is 2. The first-order chi connectivity index (χ1) is 12.5. The number of rotatable bonds is 8. The van der Waals surface area contributed by atoms with Gasteiger partial charge < -0.3 is 20.1 Å². The van der Waals surface area contributed by atoms with E-state index in [1.807, 2.05) is 13.8 Å². The van der Waals surface area contributed by atoms with Crippen LogP contribution in [-0.2, 0) is 16.1 Å². The monoisotopic (exact) mass is 386 g/mol. The number of hydrogen-bond donors (Lipinski definition) is 2. The van der Waals surface area contributed by atoms with Crippen LogP contribution >= 0.6 is 0 Å². The van der Waals surface area contributed by atoms with Gasteiger partial charge in [-0.05, 0) is 32.8 Å². The third-order valence-electron chi connectivity index (χ3n) is 3.81. The van der Waals surface area contributed by atoms with Crippen LogP contribution in [0.4, 0.5) is 13.6 Å². The van der Waals surface area contributed by atoms with E-state index in [9.17, 15) is 18.4 Å². The molecule has 0 aliphatic heterocycles. The molecule has 0 heterocycles. The molecule has 1 aromatic rings. The second-order valence-electron chi connectivity index (χ2n) is 7.21. The van der Waals surface area contributed by atoms with Crippen LogP contribution in [-0.4, -0.2) is 30.3 Å². The zero-order chi connectivity index (χ0) is 20.6. The molecule has 0 aliphatic carbocycles. The highest BCUT2D eigenvalue weighted by molar-refractivity contribution is 5.86. The lowest BCUT2D eigenvalue weighted by Crippen LogP contribution is -2.51. The summed E-state index contributed by atoms with van der Waals surface area (Å²) < 4.78 is 34.6. The molecule has 0 aromatic heterocycles. The number of ether oxygens (including phenoxy) is 2. The van der Waals surface area contributed by atoms with Crippen molar-refractivity contribution in [2.75, 3.05) is 0 Å². The minimum Gasteiger partial charge on any atom is -0.444 e. The Morgan fingerprint density at radius 2 is 1.81 bits per heavy atom. The van der Waals surface area contributed by atoms with Gasteiger partial charge in [0.05, 0.1) is 0 Å². The molecule has 0 aliphatic rings. The lowest BCUT2D eigenvalue weighted by atomic mass is 9.98. The minimum absolute atomic E-state index is 0.00649. The summed E-state index contributed by atoms with van der Waals surface area (Å²) in [4.78, 5) is 24.6. The van der Waals surface area contributed by atoms with Crippen LogP contribution in [0, 0.1) is 5.92 Å². The highest BCUT2D eigenvalue weighted by atomic mass is 19.3. The Hall–Kier alpha value is -2.38. The van der Waals surface area contributed by atoms with E-state index in [0.29, 0.717) is 12.0 Å². The number of amides is 2. The molecule has 0 fully saturated rings. The summed E-state index contributed by atoms with van der Waals surface area (Å²) >= 11 is 0. The number of para-hydroxylation sites is 1. The Labute approximate surface area is 158 Å². The lowest BCUT2D eigenvalue weighted by molar-refractivity contribution is -0.124. The normalized spacial score (nSPS) is 13.6. The van der Waals surface area contributed by atoms with Crippen molar-refractivity contribution in [3.63, 3.8) is 0 Å². The zero-order valence-corrected chi connectivity index (χ0v) is 16.3. The van der Waals surface area contributed by atoms with Crippen LogP contribution in [0.3, 0.4) is 0 Å². The SMILES string of the molecule is CC[C@H](C)[C@@H](NC(=O)OC(C)(C)C)C(=O)NCc1ccccc1OC(F)F. The lowest BCUT2D eigenvalue weighted by Gasteiger charge is -2.26. The van der Waals surface area contributed by atoms with Crippen molar-refractivity contribution < 1.29 is 27.8 Å². The van der Waals surface area contributed by atoms with Gasteiger partial charge in [-0.2, -0.15) is 8.78 Å². The van der Waals surface area contributed by atoms with Crippen LogP contribution in [0.2, 0.25) is 0 Å². The summed E-state index contributed by atoms with van der Waals surface area (Å²) in [7, 11) is 0. The predicted molar refractivity (Wildman–Crippen MR) is 97.5 cm³/mol. The molecule has 0 radical (unpaired) electrons. The van der Waals surface area contributed by atoms with Gasteiger partial charge in [0, 0.05) is 12.1 Å². The second kappa shape index (κ2) is 10.1. The van der Waals surface area contributed by atoms with E-state index in [0.717, 1.165) is 0 Å². The number of nitrogens with one attached hydrogen (secondary N) is 2. The number of hydrogen-bond acceptors (Lipinski definition) is 4. The van der Waals surface area contributed by atoms with Crippen LogP contribution in [0.5, 0.6) is 5.75 Å². The van der Waals surface area contributed by atoms with Crippen LogP contribution in [0.15, 0.2) is 24.3 Å². The van der Waals surface area contributed by atoms with E-state index < -0.39 is 30.3 Å². The first-order valence-corrected chi connectivity index (χ1v) is 8.83. The standard InChI is InChI=1S/C19H28F2N2O4/c1-6-12(2)15(23-18(25)27-19(3,4)5)16(24)22-11-13-9-7-8-10-14(13)26-17(20)21/h7-10,12,15,17H,6,11H2,1-5H3,(H,22,24)(H,23,25)/t12-,15+/m0/s1. The molecule has 0 saturated carbocycles. The fraction of sp³-hybridized carbons (Fsp3) is 0.579. The molecule has 0 bridgehead atoms. The molecule has 1 aromatic carbocycles. The molecule has 1 rings (SSSR count). The first-order valence-electron chi connectivity index (χ1n) is 8.83. The molecule has 6 nitrogen and oxygen atoms in total. The molecule has 152 valence electrons. The van der Waals surface area contributed by atoms with Crippen LogP contribution in [0.25, 0.3) is 0 Å². The maximum absolute atomic E-state index is 12.6. The third kappa shape index (κ3) is 8.23. The molecule has 0 saturated heterocycles. The van der Waals surface area contributed by atoms with Gasteiger partial charge in [0.25, 0.3) is 0 Å². The molecule has 0 spiro atoms. The van der Waals surface area contributed by atoms with Gasteiger partial charge in [0.2, 0.25) is 5.91 Å². The van der Waals surface area contributed by atoms with Gasteiger partial charge in [-0.1, -0.05) is 38.5 Å². The van der Waals surface area contributed by atoms with Gasteiger partial charge >= 0.3 is 12.7 Å². The van der Waals surface area contributed by atoms with E-state index in [4.69, 9.17) is 4.74 Å². The first kappa shape index (κ1) is 22.7. The second-order valence-corrected chi connectivity index (χ2v) is 7.21. The number of carbonyl (C=O) groups is 2. The number of carbonyl (C=O) groups excluding carboxylic acids is 2. The summed E-state index contributed by atoms with van der Waals surface area (Å²) in [6.07, 6.45) is -0.0386. The fourth-order valence-corrected chi connectivity index (χ4v) is 2.29. The maximum atomic E-state index is 12.6. The van der Waals surface area contributed by atoms with Gasteiger partial charge in [-0.3, -0.25) is 4.79 Å². The van der Waals surface area contributed by atoms with E-state index >= 15 is 0 Å². The predicted octanol–water partition coefficient (Wildman–Crippen LogP) is 3.84. The average Bonchev–Trinajstić information content (AvgIpc) is 2.56. The van der Waals surface area contributed by atoms with Gasteiger partial charge in [-0.25, -0.2) is 4.79 Å². The van der Waals surface area contributed by atoms with Crippen molar-refractivity contribution in [1.29, 1.82) is 0 Å². The molecular weight excluding hydrogens is 358 g/mol. The highest BCUT2D eigenvalue weighted by Crippen LogP contribution is 2.20. The average molecular weight is 386 g/mol. The molecule has 2 N–H and O–H groups in total. The number of halogens is 2. The Morgan fingerprint density at radius 1 is 1.19 bits per heavy atom. The van der Waals surface area contributed by atoms with Gasteiger partial charge in [0.15, 0.2) is 0 Å². The summed E-state index contributed by atoms with van der Waals surface area (Å²) in [5, 5.41) is 5.24. The summed E-state index contributed by atoms with van der Waals surface area (Å²) in [5.74, 6) is -0.583. The highest BCUT2D eigenvalue weighted by Gasteiger charge is 2.28. The maximum Gasteiger partial charge on any atom is 0.408 e. The van der Waals surface area contributed by atoms with Crippen molar-refractivity contribution in [1.82, 2.24) is 10.6 Å². The van der Waals surface area contributed by atoms with Crippen molar-refractivity contribution in [3.8, 4) is 5.75 Å². The van der Waals surface area contributed by atoms with Crippen molar-refractivity contribution >= 4 is 12.0 Å². The topological polar surface area (TPSA) is 76.7 Å². The number of alkyl carbamates (subject to hydrolysis) is 1. The van der Waals surface area contributed by atoms with E-state index in [2.05, 4.69) is 15.4 Å². The molecule has 27 heavy (non-hydrogen) atoms. The van der Waals surface area contributed by atoms with Crippen LogP contribution < -0.4 is 15.4 Å². The van der Waals surface area contributed by atoms with E-state index in [1.54, 1.807) is 39.0 Å². The Balaban J connectivity index is 2.79. The smallest absolute Gasteiger partial charge is 0.408 e. The molecular formula is C19H28F2N2O4. The van der Waals surface area contributed by atoms with Crippen molar-refractivity contribution in [3.05, 3.63) is 29.8 Å². The Kier molecular flexibility index (Phi) is 8.46. The van der Waals surface area contributed by atoms with Crippen molar-refractivity contribution in [2.45, 2.75) is 65.8 Å². The van der Waals surface area contributed by atoms with Crippen LogP contribution in [0.1, 0.15) is 46.6 Å². The van der Waals surface area contributed by atoms with Crippen molar-refractivity contribution in [2.24, 2.45) is 5.92 Å². The largest absolute Gasteiger partial charge is 0.444 e. The fourth-order valence-electron chi connectivity index (χ4n) is 2.29.